The highest BCUT2D eigenvalue weighted by molar-refractivity contribution is 5.99. The minimum Gasteiger partial charge on any atom is -0.493 e. The maximum atomic E-state index is 13.6. The molecule has 216 valence electrons. The molecular weight excluding hydrogens is 516 g/mol. The Kier molecular flexibility index (Phi) is 10.2. The third-order valence-electron chi connectivity index (χ3n) is 7.01. The number of nitrogens with one attached hydrogen (secondary N) is 2. The Balaban J connectivity index is 1.53. The zero-order valence-corrected chi connectivity index (χ0v) is 24.3. The Morgan fingerprint density at radius 2 is 1.73 bits per heavy atom. The third kappa shape index (κ3) is 7.54. The van der Waals surface area contributed by atoms with Crippen molar-refractivity contribution in [2.75, 3.05) is 40.4 Å². The van der Waals surface area contributed by atoms with Crippen molar-refractivity contribution in [3.63, 3.8) is 0 Å². The second-order valence-electron chi connectivity index (χ2n) is 10.5. The van der Waals surface area contributed by atoms with Gasteiger partial charge in [0.05, 0.1) is 24.8 Å². The van der Waals surface area contributed by atoms with Gasteiger partial charge >= 0.3 is 0 Å². The van der Waals surface area contributed by atoms with E-state index in [4.69, 9.17) is 4.74 Å². The summed E-state index contributed by atoms with van der Waals surface area (Å²) >= 11 is 0. The van der Waals surface area contributed by atoms with Crippen LogP contribution in [0.3, 0.4) is 0 Å². The molecule has 3 N–H and O–H groups in total. The number of fused-ring (bicyclic) bond motifs is 1. The minimum atomic E-state index is -0.471. The molecule has 0 aliphatic carbocycles. The van der Waals surface area contributed by atoms with Crippen LogP contribution in [0, 0.1) is 0 Å². The number of aryl methyl sites for hydroxylation is 1. The quantitative estimate of drug-likeness (QED) is 0.229. The van der Waals surface area contributed by atoms with Crippen LogP contribution in [0.25, 0.3) is 22.0 Å². The van der Waals surface area contributed by atoms with Crippen LogP contribution < -0.4 is 15.4 Å². The SMILES string of the molecule is CCCOc1ccc(-c2ccc(C(=O)NCCN(C)C)cc2)cc1C(=O)N[C@@H](CO)Cc1cn(C)c2ccccc12. The molecule has 4 rings (SSSR count). The number of hydrogen-bond acceptors (Lipinski definition) is 5. The highest BCUT2D eigenvalue weighted by atomic mass is 16.5. The van der Waals surface area contributed by atoms with E-state index in [0.29, 0.717) is 36.4 Å². The lowest BCUT2D eigenvalue weighted by Gasteiger charge is -2.18. The second-order valence-corrected chi connectivity index (χ2v) is 10.5. The number of ether oxygens (including phenoxy) is 1. The van der Waals surface area contributed by atoms with Gasteiger partial charge in [-0.3, -0.25) is 9.59 Å². The summed E-state index contributed by atoms with van der Waals surface area (Å²) in [7, 11) is 5.91. The fraction of sp³-hybridized carbons (Fsp3) is 0.333. The lowest BCUT2D eigenvalue weighted by Crippen LogP contribution is -2.39. The van der Waals surface area contributed by atoms with E-state index in [2.05, 4.69) is 27.3 Å². The summed E-state index contributed by atoms with van der Waals surface area (Å²) < 4.78 is 7.97. The van der Waals surface area contributed by atoms with Crippen molar-refractivity contribution >= 4 is 22.7 Å². The monoisotopic (exact) mass is 556 g/mol. The summed E-state index contributed by atoms with van der Waals surface area (Å²) in [5.41, 5.74) is 4.84. The summed E-state index contributed by atoms with van der Waals surface area (Å²) in [4.78, 5) is 28.1. The Labute approximate surface area is 241 Å². The molecule has 2 amide bonds. The fourth-order valence-corrected chi connectivity index (χ4v) is 4.81. The lowest BCUT2D eigenvalue weighted by atomic mass is 10.00. The van der Waals surface area contributed by atoms with Crippen molar-refractivity contribution in [3.8, 4) is 16.9 Å². The zero-order valence-electron chi connectivity index (χ0n) is 24.3. The molecule has 0 radical (unpaired) electrons. The molecule has 0 aliphatic heterocycles. The third-order valence-corrected chi connectivity index (χ3v) is 7.01. The summed E-state index contributed by atoms with van der Waals surface area (Å²) in [6.07, 6.45) is 3.34. The normalized spacial score (nSPS) is 12.0. The zero-order chi connectivity index (χ0) is 29.4. The lowest BCUT2D eigenvalue weighted by molar-refractivity contribution is 0.0911. The minimum absolute atomic E-state index is 0.122. The number of rotatable bonds is 13. The van der Waals surface area contributed by atoms with E-state index in [1.54, 1.807) is 24.3 Å². The average Bonchev–Trinajstić information content (AvgIpc) is 3.30. The molecule has 1 aromatic heterocycles. The van der Waals surface area contributed by atoms with Gasteiger partial charge in [-0.1, -0.05) is 43.3 Å². The van der Waals surface area contributed by atoms with E-state index in [1.165, 1.54) is 0 Å². The summed E-state index contributed by atoms with van der Waals surface area (Å²) in [6, 6.07) is 20.5. The molecule has 8 heteroatoms. The summed E-state index contributed by atoms with van der Waals surface area (Å²) in [5.74, 6) is 0.0593. The van der Waals surface area contributed by atoms with Crippen LogP contribution >= 0.6 is 0 Å². The van der Waals surface area contributed by atoms with Gasteiger partial charge in [-0.15, -0.1) is 0 Å². The molecule has 41 heavy (non-hydrogen) atoms. The van der Waals surface area contributed by atoms with Crippen LogP contribution in [-0.4, -0.2) is 72.8 Å². The number of benzene rings is 3. The highest BCUT2D eigenvalue weighted by Crippen LogP contribution is 2.28. The molecule has 1 heterocycles. The number of nitrogens with zero attached hydrogens (tertiary/aromatic N) is 2. The number of likely N-dealkylation sites (N-methyl/N-ethyl adjacent to an activating group) is 1. The first-order chi connectivity index (χ1) is 19.8. The van der Waals surface area contributed by atoms with Gasteiger partial charge in [-0.25, -0.2) is 0 Å². The van der Waals surface area contributed by atoms with E-state index >= 15 is 0 Å². The standard InChI is InChI=1S/C33H40N4O4/c1-5-18-41-31-15-14-25(23-10-12-24(13-11-23)32(39)34-16-17-36(2)3)20-29(31)33(40)35-27(22-38)19-26-21-37(4)30-9-7-6-8-28(26)30/h6-15,20-21,27,38H,5,16-19,22H2,1-4H3,(H,34,39)(H,35,40)/t27-/m1/s1. The number of hydrogen-bond donors (Lipinski definition) is 3. The van der Waals surface area contributed by atoms with Gasteiger partial charge in [0.2, 0.25) is 0 Å². The van der Waals surface area contributed by atoms with Crippen molar-refractivity contribution < 1.29 is 19.4 Å². The van der Waals surface area contributed by atoms with Crippen LogP contribution in [0.2, 0.25) is 0 Å². The van der Waals surface area contributed by atoms with Gasteiger partial charge in [-0.2, -0.15) is 0 Å². The molecule has 4 aromatic rings. The van der Waals surface area contributed by atoms with E-state index in [0.717, 1.165) is 40.6 Å². The van der Waals surface area contributed by atoms with Crippen LogP contribution in [0.15, 0.2) is 72.9 Å². The van der Waals surface area contributed by atoms with Crippen LogP contribution in [0.5, 0.6) is 5.75 Å². The first-order valence-corrected chi connectivity index (χ1v) is 14.1. The molecular formula is C33H40N4O4. The van der Waals surface area contributed by atoms with E-state index in [1.807, 2.05) is 69.5 Å². The van der Waals surface area contributed by atoms with Crippen molar-refractivity contribution in [3.05, 3.63) is 89.6 Å². The Bertz CT molecular complexity index is 1480. The van der Waals surface area contributed by atoms with Gasteiger partial charge in [0.15, 0.2) is 0 Å². The van der Waals surface area contributed by atoms with E-state index < -0.39 is 6.04 Å². The van der Waals surface area contributed by atoms with Crippen LogP contribution in [0.1, 0.15) is 39.6 Å². The van der Waals surface area contributed by atoms with Gasteiger partial charge < -0.3 is 29.9 Å². The number of aliphatic hydroxyl groups excluding tert-OH is 1. The molecule has 3 aromatic carbocycles. The van der Waals surface area contributed by atoms with E-state index in [-0.39, 0.29) is 18.4 Å². The predicted octanol–water partition coefficient (Wildman–Crippen LogP) is 4.26. The molecule has 0 saturated carbocycles. The number of aromatic nitrogens is 1. The molecule has 0 bridgehead atoms. The van der Waals surface area contributed by atoms with Crippen LogP contribution in [0.4, 0.5) is 0 Å². The fourth-order valence-electron chi connectivity index (χ4n) is 4.81. The molecule has 0 spiro atoms. The topological polar surface area (TPSA) is 95.8 Å². The van der Waals surface area contributed by atoms with Crippen molar-refractivity contribution in [1.29, 1.82) is 0 Å². The van der Waals surface area contributed by atoms with Gasteiger partial charge in [0.1, 0.15) is 5.75 Å². The largest absolute Gasteiger partial charge is 0.493 e. The van der Waals surface area contributed by atoms with Crippen LogP contribution in [-0.2, 0) is 13.5 Å². The molecule has 0 fully saturated rings. The number of para-hydroxylation sites is 1. The number of carbonyl (C=O) groups excluding carboxylic acids is 2. The van der Waals surface area contributed by atoms with E-state index in [9.17, 15) is 14.7 Å². The van der Waals surface area contributed by atoms with Gasteiger partial charge in [-0.05, 0) is 74.0 Å². The smallest absolute Gasteiger partial charge is 0.255 e. The molecule has 0 unspecified atom stereocenters. The summed E-state index contributed by atoms with van der Waals surface area (Å²) in [6.45, 7) is 3.63. The number of amides is 2. The second kappa shape index (κ2) is 14.0. The predicted molar refractivity (Wildman–Crippen MR) is 164 cm³/mol. The van der Waals surface area contributed by atoms with Crippen molar-refractivity contribution in [2.24, 2.45) is 7.05 Å². The molecule has 1 atom stereocenters. The Morgan fingerprint density at radius 3 is 2.44 bits per heavy atom. The molecule has 0 aliphatic rings. The first-order valence-electron chi connectivity index (χ1n) is 14.1. The van der Waals surface area contributed by atoms with Gasteiger partial charge in [0, 0.05) is 42.8 Å². The molecule has 0 saturated heterocycles. The Morgan fingerprint density at radius 1 is 1.00 bits per heavy atom. The van der Waals surface area contributed by atoms with Crippen molar-refractivity contribution in [1.82, 2.24) is 20.1 Å². The number of carbonyl (C=O) groups is 2. The maximum Gasteiger partial charge on any atom is 0.255 e. The number of aliphatic hydroxyl groups is 1. The maximum absolute atomic E-state index is 13.6. The summed E-state index contributed by atoms with van der Waals surface area (Å²) in [5, 5.41) is 17.2. The highest BCUT2D eigenvalue weighted by Gasteiger charge is 2.20. The average molecular weight is 557 g/mol. The van der Waals surface area contributed by atoms with Crippen molar-refractivity contribution in [2.45, 2.75) is 25.8 Å². The first kappa shape index (κ1) is 29.8. The van der Waals surface area contributed by atoms with Gasteiger partial charge in [0.25, 0.3) is 11.8 Å². The molecule has 8 nitrogen and oxygen atoms in total. The Hall–Kier alpha value is -4.14.